The minimum Gasteiger partial charge on any atom is -0.394 e. The van der Waals surface area contributed by atoms with E-state index in [1.165, 1.54) is 5.56 Å². The summed E-state index contributed by atoms with van der Waals surface area (Å²) in [5.41, 5.74) is 0.994. The van der Waals surface area contributed by atoms with E-state index < -0.39 is 0 Å². The van der Waals surface area contributed by atoms with Crippen LogP contribution in [-0.2, 0) is 11.3 Å². The quantitative estimate of drug-likeness (QED) is 0.735. The fourth-order valence-electron chi connectivity index (χ4n) is 1.57. The first kappa shape index (κ1) is 13.2. The van der Waals surface area contributed by atoms with Crippen LogP contribution in [0.3, 0.4) is 0 Å². The van der Waals surface area contributed by atoms with E-state index in [2.05, 4.69) is 9.88 Å². The van der Waals surface area contributed by atoms with Crippen LogP contribution in [-0.4, -0.2) is 47.4 Å². The van der Waals surface area contributed by atoms with Crippen molar-refractivity contribution in [3.05, 3.63) is 24.0 Å². The van der Waals surface area contributed by atoms with Gasteiger partial charge in [0.25, 0.3) is 0 Å². The summed E-state index contributed by atoms with van der Waals surface area (Å²) in [5, 5.41) is 9.40. The van der Waals surface area contributed by atoms with E-state index in [1.54, 1.807) is 7.11 Å². The van der Waals surface area contributed by atoms with Gasteiger partial charge in [0.15, 0.2) is 0 Å². The lowest BCUT2D eigenvalue weighted by Gasteiger charge is -2.36. The molecule has 0 saturated carbocycles. The van der Waals surface area contributed by atoms with Crippen LogP contribution in [0.1, 0.15) is 19.4 Å². The minimum absolute atomic E-state index is 0.140. The molecule has 4 nitrogen and oxygen atoms in total. The average molecular weight is 226 g/mol. The van der Waals surface area contributed by atoms with Crippen LogP contribution in [0.5, 0.6) is 0 Å². The molecule has 0 spiro atoms. The lowest BCUT2D eigenvalue weighted by molar-refractivity contribution is 0.0299. The van der Waals surface area contributed by atoms with E-state index >= 15 is 0 Å². The summed E-state index contributed by atoms with van der Waals surface area (Å²) in [6.07, 6.45) is 3.89. The molecule has 92 valence electrons. The number of hydrogen-bond acceptors (Lipinski definition) is 3. The molecule has 0 atom stereocenters. The molecule has 1 rings (SSSR count). The standard InChI is InChI=1S/C12H22N2O2/c1-12(2,10-15)14(6-7-16-3)9-11-4-5-13-8-11/h4-5,8,13,15H,6-7,9-10H2,1-3H3. The molecule has 0 radical (unpaired) electrons. The molecule has 0 fully saturated rings. The maximum atomic E-state index is 9.40. The predicted molar refractivity (Wildman–Crippen MR) is 64.2 cm³/mol. The molecule has 0 unspecified atom stereocenters. The van der Waals surface area contributed by atoms with Gasteiger partial charge in [-0.25, -0.2) is 0 Å². The van der Waals surface area contributed by atoms with Gasteiger partial charge in [0, 0.05) is 38.1 Å². The Morgan fingerprint density at radius 2 is 2.25 bits per heavy atom. The van der Waals surface area contributed by atoms with Gasteiger partial charge in [-0.2, -0.15) is 0 Å². The molecule has 0 aromatic carbocycles. The molecule has 0 saturated heterocycles. The Bertz CT molecular complexity index is 283. The number of H-pyrrole nitrogens is 1. The highest BCUT2D eigenvalue weighted by Gasteiger charge is 2.25. The van der Waals surface area contributed by atoms with Crippen LogP contribution >= 0.6 is 0 Å². The average Bonchev–Trinajstić information content (AvgIpc) is 2.76. The molecule has 0 aliphatic heterocycles. The van der Waals surface area contributed by atoms with Gasteiger partial charge in [-0.1, -0.05) is 0 Å². The molecule has 1 aromatic rings. The van der Waals surface area contributed by atoms with Crippen molar-refractivity contribution in [2.45, 2.75) is 25.9 Å². The van der Waals surface area contributed by atoms with Crippen molar-refractivity contribution in [2.75, 3.05) is 26.9 Å². The second kappa shape index (κ2) is 6.03. The predicted octanol–water partition coefficient (Wildman–Crippen LogP) is 1.23. The Kier molecular flexibility index (Phi) is 4.99. The number of nitrogens with one attached hydrogen (secondary N) is 1. The van der Waals surface area contributed by atoms with E-state index in [1.807, 2.05) is 32.3 Å². The zero-order valence-corrected chi connectivity index (χ0v) is 10.4. The van der Waals surface area contributed by atoms with E-state index in [0.717, 1.165) is 13.1 Å². The Labute approximate surface area is 97.2 Å². The molecule has 2 N–H and O–H groups in total. The third-order valence-corrected chi connectivity index (χ3v) is 2.84. The molecule has 0 bridgehead atoms. The largest absolute Gasteiger partial charge is 0.394 e. The summed E-state index contributed by atoms with van der Waals surface area (Å²) < 4.78 is 5.10. The normalized spacial score (nSPS) is 12.3. The number of ether oxygens (including phenoxy) is 1. The van der Waals surface area contributed by atoms with Gasteiger partial charge in [-0.15, -0.1) is 0 Å². The number of aliphatic hydroxyl groups is 1. The third-order valence-electron chi connectivity index (χ3n) is 2.84. The number of aliphatic hydroxyl groups excluding tert-OH is 1. The zero-order valence-electron chi connectivity index (χ0n) is 10.4. The van der Waals surface area contributed by atoms with Gasteiger partial charge in [0.2, 0.25) is 0 Å². The van der Waals surface area contributed by atoms with Gasteiger partial charge >= 0.3 is 0 Å². The van der Waals surface area contributed by atoms with Crippen molar-refractivity contribution in [3.63, 3.8) is 0 Å². The summed E-state index contributed by atoms with van der Waals surface area (Å²) in [6.45, 7) is 6.52. The van der Waals surface area contributed by atoms with Crippen molar-refractivity contribution >= 4 is 0 Å². The monoisotopic (exact) mass is 226 g/mol. The smallest absolute Gasteiger partial charge is 0.0610 e. The number of aromatic nitrogens is 1. The lowest BCUT2D eigenvalue weighted by Crippen LogP contribution is -2.47. The lowest BCUT2D eigenvalue weighted by atomic mass is 10.0. The number of methoxy groups -OCH3 is 1. The van der Waals surface area contributed by atoms with Crippen LogP contribution in [0.25, 0.3) is 0 Å². The summed E-state index contributed by atoms with van der Waals surface area (Å²) in [4.78, 5) is 5.26. The highest BCUT2D eigenvalue weighted by molar-refractivity contribution is 5.08. The van der Waals surface area contributed by atoms with Crippen LogP contribution in [0.2, 0.25) is 0 Å². The maximum absolute atomic E-state index is 9.40. The third kappa shape index (κ3) is 3.63. The Morgan fingerprint density at radius 3 is 2.75 bits per heavy atom. The fourth-order valence-corrected chi connectivity index (χ4v) is 1.57. The first-order valence-electron chi connectivity index (χ1n) is 5.56. The maximum Gasteiger partial charge on any atom is 0.0610 e. The molecule has 1 heterocycles. The highest BCUT2D eigenvalue weighted by Crippen LogP contribution is 2.16. The number of nitrogens with zero attached hydrogens (tertiary/aromatic N) is 1. The van der Waals surface area contributed by atoms with Gasteiger partial charge in [-0.05, 0) is 25.5 Å². The van der Waals surface area contributed by atoms with E-state index in [0.29, 0.717) is 6.61 Å². The van der Waals surface area contributed by atoms with Crippen molar-refractivity contribution in [1.29, 1.82) is 0 Å². The van der Waals surface area contributed by atoms with Crippen LogP contribution in [0, 0.1) is 0 Å². The number of aromatic amines is 1. The van der Waals surface area contributed by atoms with Gasteiger partial charge in [0.1, 0.15) is 0 Å². The summed E-state index contributed by atoms with van der Waals surface area (Å²) in [7, 11) is 1.69. The molecule has 16 heavy (non-hydrogen) atoms. The molecular formula is C12H22N2O2. The fraction of sp³-hybridized carbons (Fsp3) is 0.667. The molecule has 1 aromatic heterocycles. The van der Waals surface area contributed by atoms with Crippen LogP contribution in [0.4, 0.5) is 0 Å². The SMILES string of the molecule is COCCN(Cc1cc[nH]c1)C(C)(C)CO. The van der Waals surface area contributed by atoms with Gasteiger partial charge in [0.05, 0.1) is 13.2 Å². The second-order valence-electron chi connectivity index (χ2n) is 4.60. The molecule has 4 heteroatoms. The topological polar surface area (TPSA) is 48.5 Å². The van der Waals surface area contributed by atoms with Crippen molar-refractivity contribution in [1.82, 2.24) is 9.88 Å². The van der Waals surface area contributed by atoms with Gasteiger partial charge < -0.3 is 14.8 Å². The summed E-state index contributed by atoms with van der Waals surface area (Å²) in [5.74, 6) is 0. The number of rotatable bonds is 7. The van der Waals surface area contributed by atoms with Crippen LogP contribution < -0.4 is 0 Å². The first-order valence-corrected chi connectivity index (χ1v) is 5.56. The molecule has 0 aliphatic rings. The van der Waals surface area contributed by atoms with E-state index in [-0.39, 0.29) is 12.1 Å². The first-order chi connectivity index (χ1) is 7.60. The zero-order chi connectivity index (χ0) is 12.0. The van der Waals surface area contributed by atoms with E-state index in [9.17, 15) is 5.11 Å². The van der Waals surface area contributed by atoms with Crippen molar-refractivity contribution < 1.29 is 9.84 Å². The van der Waals surface area contributed by atoms with Crippen LogP contribution in [0.15, 0.2) is 18.5 Å². The Balaban J connectivity index is 2.63. The van der Waals surface area contributed by atoms with Gasteiger partial charge in [-0.3, -0.25) is 4.90 Å². The Hall–Kier alpha value is -0.840. The number of hydrogen-bond donors (Lipinski definition) is 2. The van der Waals surface area contributed by atoms with E-state index in [4.69, 9.17) is 4.74 Å². The molecule has 0 amide bonds. The second-order valence-corrected chi connectivity index (χ2v) is 4.60. The summed E-state index contributed by atoms with van der Waals surface area (Å²) in [6, 6.07) is 2.05. The summed E-state index contributed by atoms with van der Waals surface area (Å²) >= 11 is 0. The Morgan fingerprint density at radius 1 is 1.50 bits per heavy atom. The van der Waals surface area contributed by atoms with Crippen molar-refractivity contribution in [2.24, 2.45) is 0 Å². The minimum atomic E-state index is -0.226. The molecular weight excluding hydrogens is 204 g/mol. The highest BCUT2D eigenvalue weighted by atomic mass is 16.5. The molecule has 0 aliphatic carbocycles. The van der Waals surface area contributed by atoms with Crippen molar-refractivity contribution in [3.8, 4) is 0 Å².